The van der Waals surface area contributed by atoms with E-state index in [0.29, 0.717) is 53.2 Å². The molecule has 3 heterocycles. The molecule has 58 heavy (non-hydrogen) atoms. The fourth-order valence-electron chi connectivity index (χ4n) is 6.42. The van der Waals surface area contributed by atoms with Gasteiger partial charge in [0.15, 0.2) is 5.69 Å². The van der Waals surface area contributed by atoms with Gasteiger partial charge in [-0.05, 0) is 58.6 Å². The highest BCUT2D eigenvalue weighted by atomic mass is 79.9. The number of nitrogens with zero attached hydrogens (tertiary/aromatic N) is 6. The second kappa shape index (κ2) is 19.3. The molecule has 0 unspecified atom stereocenters. The van der Waals surface area contributed by atoms with Gasteiger partial charge in [-0.2, -0.15) is 5.11 Å². The first-order valence-electron chi connectivity index (χ1n) is 18.2. The number of nitrogens with one attached hydrogen (secondary N) is 2. The number of methoxy groups -OCH3 is 1. The largest absolute Gasteiger partial charge is 0.496 e. The number of ether oxygens (including phenoxy) is 4. The average Bonchev–Trinajstić information content (AvgIpc) is 3.89. The lowest BCUT2D eigenvalue weighted by Crippen LogP contribution is -2.52. The van der Waals surface area contributed by atoms with Crippen molar-refractivity contribution in [1.82, 2.24) is 14.8 Å². The van der Waals surface area contributed by atoms with Crippen molar-refractivity contribution in [2.75, 3.05) is 78.2 Å². The fraction of sp³-hybridized carbons (Fsp3) is 0.324. The molecule has 2 amide bonds. The molecule has 302 valence electrons. The Kier molecular flexibility index (Phi) is 13.8. The zero-order chi connectivity index (χ0) is 41.2. The Hall–Kier alpha value is -6.19. The summed E-state index contributed by atoms with van der Waals surface area (Å²) in [5, 5.41) is 34.1. The molecule has 6 rings (SSSR count). The first-order chi connectivity index (χ1) is 28.0. The lowest BCUT2D eigenvalue weighted by molar-refractivity contribution is -0.392. The van der Waals surface area contributed by atoms with Crippen LogP contribution >= 0.6 is 15.9 Å². The van der Waals surface area contributed by atoms with Gasteiger partial charge in [0.25, 0.3) is 29.0 Å². The third kappa shape index (κ3) is 9.84. The molecule has 4 aromatic rings. The van der Waals surface area contributed by atoms with E-state index in [2.05, 4.69) is 36.4 Å². The van der Waals surface area contributed by atoms with Crippen LogP contribution in [0, 0.1) is 20.2 Å². The summed E-state index contributed by atoms with van der Waals surface area (Å²) >= 11 is 3.46. The van der Waals surface area contributed by atoms with Crippen LogP contribution in [0.25, 0.3) is 10.9 Å². The lowest BCUT2D eigenvalue weighted by Gasteiger charge is -2.34. The van der Waals surface area contributed by atoms with Crippen LogP contribution in [0.2, 0.25) is 6.32 Å². The van der Waals surface area contributed by atoms with E-state index in [-0.39, 0.29) is 76.6 Å². The summed E-state index contributed by atoms with van der Waals surface area (Å²) in [4.78, 5) is 67.2. The zero-order valence-corrected chi connectivity index (χ0v) is 32.8. The topological polar surface area (TPSA) is 233 Å². The minimum atomic E-state index is -0.685. The third-order valence-corrected chi connectivity index (χ3v) is 9.99. The number of fused-ring (bicyclic) bond motifs is 1. The molecule has 3 aromatic carbocycles. The molecule has 2 aliphatic rings. The summed E-state index contributed by atoms with van der Waals surface area (Å²) < 4.78 is 23.3. The van der Waals surface area contributed by atoms with Crippen molar-refractivity contribution in [1.29, 1.82) is 0 Å². The van der Waals surface area contributed by atoms with Gasteiger partial charge in [0.1, 0.15) is 18.1 Å². The number of aromatic nitrogens is 1. The molecule has 0 aliphatic carbocycles. The molecule has 0 saturated carbocycles. The van der Waals surface area contributed by atoms with Gasteiger partial charge in [0, 0.05) is 67.7 Å². The Labute approximate surface area is 339 Å². The number of H-pyrrole nitrogens is 1. The zero-order valence-electron chi connectivity index (χ0n) is 31.3. The summed E-state index contributed by atoms with van der Waals surface area (Å²) in [6, 6.07) is 14.0. The van der Waals surface area contributed by atoms with Gasteiger partial charge in [-0.1, -0.05) is 12.0 Å². The highest BCUT2D eigenvalue weighted by molar-refractivity contribution is 9.10. The number of amides is 2. The SMILES string of the molecule is COc1ccc(Br)c2[nH]cc(C(=O)C(=O)N3CCN(C(=O)c4cccc(OCCOCCB5C=C(COCCNc6c([N+](=O)[O-])cccc6[N+](=O)[O-])N=N5)c4)CC3)c12. The minimum absolute atomic E-state index is 0.102. The van der Waals surface area contributed by atoms with Crippen molar-refractivity contribution in [2.24, 2.45) is 10.1 Å². The monoisotopic (exact) mass is 860 g/mol. The molecule has 0 bridgehead atoms. The van der Waals surface area contributed by atoms with Crippen molar-refractivity contribution >= 4 is 68.3 Å². The van der Waals surface area contributed by atoms with Crippen LogP contribution in [0.1, 0.15) is 20.7 Å². The Bertz CT molecular complexity index is 2230. The van der Waals surface area contributed by atoms with E-state index in [1.54, 1.807) is 41.3 Å². The summed E-state index contributed by atoms with van der Waals surface area (Å²) in [5.41, 5.74) is 0.953. The average molecular weight is 861 g/mol. The number of hydrogen-bond donors (Lipinski definition) is 2. The van der Waals surface area contributed by atoms with Crippen LogP contribution in [0.4, 0.5) is 17.1 Å². The number of anilines is 1. The maximum Gasteiger partial charge on any atom is 0.337 e. The highest BCUT2D eigenvalue weighted by Crippen LogP contribution is 2.35. The number of ketones is 1. The number of para-hydroxylation sites is 1. The predicted octanol–water partition coefficient (Wildman–Crippen LogP) is 5.33. The Morgan fingerprint density at radius 2 is 1.66 bits per heavy atom. The van der Waals surface area contributed by atoms with Gasteiger partial charge in [-0.3, -0.25) is 34.6 Å². The standard InChI is InChI=1S/C37H38BBrN8O11/c1-55-31-9-8-28(39)33-32(31)27(22-41-33)35(48)37(50)45-14-12-44(13-15-45)36(49)24-4-2-5-26(20-24)58-19-18-56-16-10-38-21-25(42-43-38)23-57-17-11-40-34-29(46(51)52)6-3-7-30(34)47(53)54/h2-9,20-22,40-41H,10-19,23H2,1H3. The van der Waals surface area contributed by atoms with Crippen molar-refractivity contribution in [3.63, 3.8) is 0 Å². The molecule has 19 nitrogen and oxygen atoms in total. The molecule has 2 aliphatic heterocycles. The number of Topliss-reactive ketones (excluding diaryl/α,β-unsaturated/α-hetero) is 1. The smallest absolute Gasteiger partial charge is 0.337 e. The predicted molar refractivity (Wildman–Crippen MR) is 215 cm³/mol. The van der Waals surface area contributed by atoms with Crippen LogP contribution in [0.5, 0.6) is 11.5 Å². The Balaban J connectivity index is 0.867. The molecule has 1 aromatic heterocycles. The maximum absolute atomic E-state index is 13.3. The van der Waals surface area contributed by atoms with E-state index in [4.69, 9.17) is 18.9 Å². The number of aromatic amines is 1. The summed E-state index contributed by atoms with van der Waals surface area (Å²) in [7, 11) is 1.50. The minimum Gasteiger partial charge on any atom is -0.496 e. The van der Waals surface area contributed by atoms with E-state index in [1.165, 1.54) is 36.4 Å². The maximum atomic E-state index is 13.3. The van der Waals surface area contributed by atoms with E-state index >= 15 is 0 Å². The number of halogens is 1. The molecule has 21 heteroatoms. The summed E-state index contributed by atoms with van der Waals surface area (Å²) in [5.74, 6) is 1.31. The summed E-state index contributed by atoms with van der Waals surface area (Å²) in [6.45, 7) is 2.05. The Morgan fingerprint density at radius 3 is 2.38 bits per heavy atom. The van der Waals surface area contributed by atoms with Gasteiger partial charge >= 0.3 is 6.85 Å². The number of carbonyl (C=O) groups excluding carboxylic acids is 3. The van der Waals surface area contributed by atoms with Crippen molar-refractivity contribution in [3.05, 3.63) is 108 Å². The molecule has 0 atom stereocenters. The van der Waals surface area contributed by atoms with E-state index in [0.717, 1.165) is 4.47 Å². The van der Waals surface area contributed by atoms with Crippen LogP contribution < -0.4 is 14.8 Å². The first kappa shape index (κ1) is 41.4. The number of rotatable bonds is 19. The van der Waals surface area contributed by atoms with Crippen molar-refractivity contribution in [2.45, 2.75) is 6.32 Å². The van der Waals surface area contributed by atoms with Crippen LogP contribution in [-0.2, 0) is 14.3 Å². The van der Waals surface area contributed by atoms with Crippen LogP contribution in [0.3, 0.4) is 0 Å². The third-order valence-electron chi connectivity index (χ3n) is 9.33. The fourth-order valence-corrected chi connectivity index (χ4v) is 6.87. The lowest BCUT2D eigenvalue weighted by atomic mass is 9.61. The van der Waals surface area contributed by atoms with E-state index in [1.807, 2.05) is 5.98 Å². The molecule has 1 saturated heterocycles. The van der Waals surface area contributed by atoms with Crippen LogP contribution in [-0.4, -0.2) is 122 Å². The molecular weight excluding hydrogens is 823 g/mol. The summed E-state index contributed by atoms with van der Waals surface area (Å²) in [6.07, 6.45) is 2.08. The molecule has 0 radical (unpaired) electrons. The second-order valence-corrected chi connectivity index (χ2v) is 13.9. The normalized spacial score (nSPS) is 13.8. The number of benzene rings is 3. The molecule has 0 spiro atoms. The second-order valence-electron chi connectivity index (χ2n) is 13.0. The van der Waals surface area contributed by atoms with E-state index in [9.17, 15) is 34.6 Å². The van der Waals surface area contributed by atoms with Crippen LogP contribution in [0.15, 0.2) is 87.1 Å². The Morgan fingerprint density at radius 1 is 0.931 bits per heavy atom. The van der Waals surface area contributed by atoms with Crippen molar-refractivity contribution in [3.8, 4) is 11.5 Å². The van der Waals surface area contributed by atoms with Gasteiger partial charge in [-0.25, -0.2) is 5.03 Å². The van der Waals surface area contributed by atoms with Gasteiger partial charge < -0.3 is 39.0 Å². The number of carbonyl (C=O) groups is 3. The van der Waals surface area contributed by atoms with Gasteiger partial charge in [0.05, 0.1) is 58.9 Å². The number of hydrogen-bond acceptors (Lipinski definition) is 14. The highest BCUT2D eigenvalue weighted by Gasteiger charge is 2.31. The van der Waals surface area contributed by atoms with Gasteiger partial charge in [0.2, 0.25) is 0 Å². The first-order valence-corrected chi connectivity index (χ1v) is 19.0. The molecule has 2 N–H and O–H groups in total. The van der Waals surface area contributed by atoms with Crippen molar-refractivity contribution < 1.29 is 43.2 Å². The molecule has 1 fully saturated rings. The number of piperazine rings is 1. The quantitative estimate of drug-likeness (QED) is 0.0304. The molecular formula is C37H38BBrN8O11. The van der Waals surface area contributed by atoms with E-state index < -0.39 is 32.9 Å². The number of nitro benzene ring substituents is 2. The van der Waals surface area contributed by atoms with Gasteiger partial charge in [-0.15, -0.1) is 0 Å². The number of nitro groups is 2.